The molecule has 1 aromatic heterocycles. The normalized spacial score (nSPS) is 10.0. The van der Waals surface area contributed by atoms with Gasteiger partial charge in [-0.05, 0) is 24.3 Å². The number of nitrogens with one attached hydrogen (secondary N) is 2. The highest BCUT2D eigenvalue weighted by Crippen LogP contribution is 2.22. The first kappa shape index (κ1) is 21.5. The van der Waals surface area contributed by atoms with Crippen LogP contribution in [-0.2, 0) is 21.4 Å². The van der Waals surface area contributed by atoms with Crippen LogP contribution in [0.1, 0.15) is 20.8 Å². The second-order valence-electron chi connectivity index (χ2n) is 5.83. The summed E-state index contributed by atoms with van der Waals surface area (Å²) in [5.41, 5.74) is 0.505. The molecule has 2 N–H and O–H groups in total. The minimum atomic E-state index is -0.838. The first-order chi connectivity index (χ1) is 13.8. The van der Waals surface area contributed by atoms with Crippen LogP contribution in [0.5, 0.6) is 11.5 Å². The topological polar surface area (TPSA) is 125 Å². The number of nitrogens with zero attached hydrogens (tertiary/aromatic N) is 1. The van der Waals surface area contributed by atoms with Gasteiger partial charge >= 0.3 is 5.97 Å². The summed E-state index contributed by atoms with van der Waals surface area (Å²) in [6.45, 7) is -1.12. The average Bonchev–Trinajstić information content (AvgIpc) is 3.15. The molecule has 0 unspecified atom stereocenters. The van der Waals surface area contributed by atoms with Gasteiger partial charge in [0.2, 0.25) is 0 Å². The van der Waals surface area contributed by atoms with Gasteiger partial charge in [0.1, 0.15) is 23.7 Å². The Hall–Kier alpha value is -3.82. The minimum absolute atomic E-state index is 0.222. The fourth-order valence-electron chi connectivity index (χ4n) is 2.31. The van der Waals surface area contributed by atoms with Gasteiger partial charge < -0.3 is 24.1 Å². The van der Waals surface area contributed by atoms with Crippen molar-refractivity contribution in [2.45, 2.75) is 0 Å². The number of carbonyl (C=O) groups excluding carboxylic acids is 4. The average molecular weight is 403 g/mol. The number of hydrogen-bond acceptors (Lipinski definition) is 7. The van der Waals surface area contributed by atoms with Crippen LogP contribution >= 0.6 is 0 Å². The summed E-state index contributed by atoms with van der Waals surface area (Å²) >= 11 is 0. The van der Waals surface area contributed by atoms with Gasteiger partial charge in [-0.25, -0.2) is 0 Å². The molecule has 0 spiro atoms. The van der Waals surface area contributed by atoms with E-state index in [1.54, 1.807) is 25.4 Å². The van der Waals surface area contributed by atoms with Gasteiger partial charge in [-0.15, -0.1) is 0 Å². The van der Waals surface area contributed by atoms with Crippen LogP contribution in [0.4, 0.5) is 0 Å². The number of methoxy groups -OCH3 is 2. The maximum Gasteiger partial charge on any atom is 0.325 e. The minimum Gasteiger partial charge on any atom is -0.497 e. The van der Waals surface area contributed by atoms with Crippen molar-refractivity contribution in [3.63, 3.8) is 0 Å². The van der Waals surface area contributed by atoms with Crippen LogP contribution in [0, 0.1) is 0 Å². The van der Waals surface area contributed by atoms with Crippen molar-refractivity contribution in [3.05, 3.63) is 47.8 Å². The number of ether oxygens (including phenoxy) is 3. The number of aromatic nitrogens is 1. The standard InChI is InChI=1S/C19H21N3O7/c1-22-6-4-5-15(22)19(26)21-16(23)11-29-17(24)10-20-18(25)12-7-13(27-2)9-14(8-12)28-3/h4-9H,10-11H2,1-3H3,(H,20,25)(H,21,23,26). The third-order valence-electron chi connectivity index (χ3n) is 3.80. The highest BCUT2D eigenvalue weighted by atomic mass is 16.5. The lowest BCUT2D eigenvalue weighted by Crippen LogP contribution is -2.37. The number of esters is 1. The van der Waals surface area contributed by atoms with Gasteiger partial charge in [0.15, 0.2) is 6.61 Å². The quantitative estimate of drug-likeness (QED) is 0.606. The largest absolute Gasteiger partial charge is 0.497 e. The highest BCUT2D eigenvalue weighted by molar-refractivity contribution is 6.04. The van der Waals surface area contributed by atoms with Crippen molar-refractivity contribution >= 4 is 23.7 Å². The maximum atomic E-state index is 12.2. The van der Waals surface area contributed by atoms with Crippen molar-refractivity contribution in [1.82, 2.24) is 15.2 Å². The SMILES string of the molecule is COc1cc(OC)cc(C(=O)NCC(=O)OCC(=O)NC(=O)c2cccn2C)c1. The van der Waals surface area contributed by atoms with E-state index < -0.39 is 36.8 Å². The summed E-state index contributed by atoms with van der Waals surface area (Å²) in [5, 5.41) is 4.47. The van der Waals surface area contributed by atoms with E-state index in [2.05, 4.69) is 10.6 Å². The summed E-state index contributed by atoms with van der Waals surface area (Å²) in [5.74, 6) is -1.96. The van der Waals surface area contributed by atoms with Crippen LogP contribution in [0.3, 0.4) is 0 Å². The summed E-state index contributed by atoms with van der Waals surface area (Å²) < 4.78 is 16.5. The van der Waals surface area contributed by atoms with E-state index in [0.717, 1.165) is 0 Å². The zero-order chi connectivity index (χ0) is 21.4. The van der Waals surface area contributed by atoms with Crippen molar-refractivity contribution in [2.75, 3.05) is 27.4 Å². The molecule has 0 fully saturated rings. The molecule has 0 aliphatic heterocycles. The van der Waals surface area contributed by atoms with Crippen LogP contribution in [0.2, 0.25) is 0 Å². The van der Waals surface area contributed by atoms with Gasteiger partial charge in [-0.1, -0.05) is 0 Å². The zero-order valence-electron chi connectivity index (χ0n) is 16.2. The summed E-state index contributed by atoms with van der Waals surface area (Å²) in [4.78, 5) is 47.5. The second-order valence-corrected chi connectivity index (χ2v) is 5.83. The smallest absolute Gasteiger partial charge is 0.325 e. The van der Waals surface area contributed by atoms with Crippen LogP contribution in [0.15, 0.2) is 36.5 Å². The number of hydrogen-bond donors (Lipinski definition) is 2. The number of benzene rings is 1. The molecular formula is C19H21N3O7. The van der Waals surface area contributed by atoms with E-state index in [1.165, 1.54) is 37.0 Å². The Bertz CT molecular complexity index is 898. The lowest BCUT2D eigenvalue weighted by molar-refractivity contribution is -0.147. The maximum absolute atomic E-state index is 12.2. The van der Waals surface area contributed by atoms with Crippen LogP contribution < -0.4 is 20.1 Å². The molecule has 0 aliphatic carbocycles. The molecule has 3 amide bonds. The zero-order valence-corrected chi connectivity index (χ0v) is 16.2. The van der Waals surface area contributed by atoms with Gasteiger partial charge in [-0.2, -0.15) is 0 Å². The van der Waals surface area contributed by atoms with Crippen LogP contribution in [0.25, 0.3) is 0 Å². The van der Waals surface area contributed by atoms with Crippen molar-refractivity contribution in [2.24, 2.45) is 7.05 Å². The molecular weight excluding hydrogens is 382 g/mol. The Morgan fingerprint density at radius 2 is 1.66 bits per heavy atom. The third-order valence-corrected chi connectivity index (χ3v) is 3.80. The lowest BCUT2D eigenvalue weighted by Gasteiger charge is -2.09. The highest BCUT2D eigenvalue weighted by Gasteiger charge is 2.16. The molecule has 0 radical (unpaired) electrons. The number of rotatable bonds is 8. The van der Waals surface area contributed by atoms with E-state index in [0.29, 0.717) is 11.5 Å². The predicted molar refractivity (Wildman–Crippen MR) is 101 cm³/mol. The summed E-state index contributed by atoms with van der Waals surface area (Å²) in [7, 11) is 4.54. The van der Waals surface area contributed by atoms with Gasteiger partial charge in [0.05, 0.1) is 14.2 Å². The molecule has 2 aromatic rings. The molecule has 0 atom stereocenters. The Morgan fingerprint density at radius 3 is 2.21 bits per heavy atom. The molecule has 0 bridgehead atoms. The molecule has 2 rings (SSSR count). The van der Waals surface area contributed by atoms with E-state index in [1.807, 2.05) is 0 Å². The molecule has 1 aromatic carbocycles. The van der Waals surface area contributed by atoms with E-state index in [4.69, 9.17) is 14.2 Å². The number of carbonyl (C=O) groups is 4. The molecule has 29 heavy (non-hydrogen) atoms. The van der Waals surface area contributed by atoms with Crippen LogP contribution in [-0.4, -0.2) is 55.6 Å². The number of amides is 3. The van der Waals surface area contributed by atoms with Gasteiger partial charge in [0, 0.05) is 24.9 Å². The molecule has 10 nitrogen and oxygen atoms in total. The van der Waals surface area contributed by atoms with E-state index >= 15 is 0 Å². The first-order valence-electron chi connectivity index (χ1n) is 8.46. The molecule has 0 saturated heterocycles. The van der Waals surface area contributed by atoms with E-state index in [-0.39, 0.29) is 11.3 Å². The Balaban J connectivity index is 1.79. The summed E-state index contributed by atoms with van der Waals surface area (Å²) in [6.07, 6.45) is 1.65. The fraction of sp³-hybridized carbons (Fsp3) is 0.263. The molecule has 0 saturated carbocycles. The molecule has 154 valence electrons. The molecule has 0 aliphatic rings. The van der Waals surface area contributed by atoms with Gasteiger partial charge in [-0.3, -0.25) is 24.5 Å². The van der Waals surface area contributed by atoms with Gasteiger partial charge in [0.25, 0.3) is 17.7 Å². The number of aryl methyl sites for hydroxylation is 1. The van der Waals surface area contributed by atoms with Crippen molar-refractivity contribution < 1.29 is 33.4 Å². The summed E-state index contributed by atoms with van der Waals surface area (Å²) in [6, 6.07) is 7.75. The van der Waals surface area contributed by atoms with E-state index in [9.17, 15) is 19.2 Å². The lowest BCUT2D eigenvalue weighted by atomic mass is 10.2. The van der Waals surface area contributed by atoms with Crippen molar-refractivity contribution in [1.29, 1.82) is 0 Å². The van der Waals surface area contributed by atoms with Crippen molar-refractivity contribution in [3.8, 4) is 11.5 Å². The Morgan fingerprint density at radius 1 is 1.00 bits per heavy atom. The predicted octanol–water partition coefficient (Wildman–Crippen LogP) is 0.272. The third kappa shape index (κ3) is 6.09. The first-order valence-corrected chi connectivity index (χ1v) is 8.46. The fourth-order valence-corrected chi connectivity index (χ4v) is 2.31. The molecule has 1 heterocycles. The number of imide groups is 1. The Labute approximate surface area is 166 Å². The molecule has 10 heteroatoms. The Kier molecular flexibility index (Phi) is 7.35. The monoisotopic (exact) mass is 403 g/mol. The second kappa shape index (κ2) is 9.93.